The zero-order valence-corrected chi connectivity index (χ0v) is 17.1. The topological polar surface area (TPSA) is 58.1 Å². The number of fused-ring (bicyclic) bond motifs is 1. The molecule has 1 spiro atoms. The predicted molar refractivity (Wildman–Crippen MR) is 114 cm³/mol. The van der Waals surface area contributed by atoms with Gasteiger partial charge < -0.3 is 4.98 Å². The van der Waals surface area contributed by atoms with Gasteiger partial charge in [0.1, 0.15) is 0 Å². The van der Waals surface area contributed by atoms with Crippen molar-refractivity contribution in [1.29, 1.82) is 0 Å². The Kier molecular flexibility index (Phi) is 4.06. The van der Waals surface area contributed by atoms with E-state index < -0.39 is 5.56 Å². The number of aromatic amines is 1. The molecule has 1 saturated heterocycles. The van der Waals surface area contributed by atoms with Crippen molar-refractivity contribution in [2.45, 2.75) is 94.8 Å². The van der Waals surface area contributed by atoms with Crippen LogP contribution in [0.2, 0.25) is 0 Å². The van der Waals surface area contributed by atoms with E-state index in [1.54, 1.807) is 0 Å². The third-order valence-electron chi connectivity index (χ3n) is 8.75. The molecule has 2 heterocycles. The van der Waals surface area contributed by atoms with E-state index in [-0.39, 0.29) is 17.0 Å². The number of H-pyrrole nitrogens is 1. The standard InChI is InChI=1S/C24H31N3O2/c28-22-23(29)27(18-12-7-6-11-17(18)25-22)21-15-20-24(21)14-8-13-19(24)26(20)16-9-4-2-1-3-5-10-16/h6-7,11-12,16,19-21H,1-5,8-10,13-15H2,(H,25,28)/t19-,20-,21+,24?/m1/s1. The summed E-state index contributed by atoms with van der Waals surface area (Å²) in [7, 11) is 0. The monoisotopic (exact) mass is 393 g/mol. The molecule has 6 rings (SSSR count). The molecule has 4 atom stereocenters. The fourth-order valence-corrected chi connectivity index (χ4v) is 7.57. The molecule has 2 aromatic rings. The number of hydrogen-bond donors (Lipinski definition) is 1. The Labute approximate surface area is 171 Å². The molecule has 4 aliphatic rings. The van der Waals surface area contributed by atoms with Crippen LogP contribution < -0.4 is 11.1 Å². The van der Waals surface area contributed by atoms with Gasteiger partial charge in [-0.05, 0) is 44.2 Å². The zero-order chi connectivity index (χ0) is 19.6. The second-order valence-corrected chi connectivity index (χ2v) is 9.88. The third kappa shape index (κ3) is 2.37. The number of hydrogen-bond acceptors (Lipinski definition) is 3. The molecule has 3 saturated carbocycles. The van der Waals surface area contributed by atoms with Crippen molar-refractivity contribution in [3.63, 3.8) is 0 Å². The number of rotatable bonds is 2. The summed E-state index contributed by atoms with van der Waals surface area (Å²) < 4.78 is 1.87. The van der Waals surface area contributed by atoms with Gasteiger partial charge in [-0.1, -0.05) is 50.7 Å². The van der Waals surface area contributed by atoms with E-state index in [0.717, 1.165) is 23.5 Å². The molecule has 3 aliphatic carbocycles. The van der Waals surface area contributed by atoms with Crippen LogP contribution in [0.15, 0.2) is 33.9 Å². The van der Waals surface area contributed by atoms with E-state index in [1.165, 1.54) is 64.2 Å². The van der Waals surface area contributed by atoms with E-state index in [2.05, 4.69) is 9.88 Å². The maximum atomic E-state index is 13.0. The molecule has 0 radical (unpaired) electrons. The predicted octanol–water partition coefficient (Wildman–Crippen LogP) is 3.97. The van der Waals surface area contributed by atoms with Crippen LogP contribution in [0.1, 0.15) is 76.7 Å². The number of para-hydroxylation sites is 2. The molecule has 1 aliphatic heterocycles. The van der Waals surface area contributed by atoms with E-state index in [0.29, 0.717) is 12.1 Å². The second kappa shape index (κ2) is 6.56. The van der Waals surface area contributed by atoms with Crippen molar-refractivity contribution in [2.24, 2.45) is 5.41 Å². The van der Waals surface area contributed by atoms with Gasteiger partial charge in [-0.25, -0.2) is 0 Å². The largest absolute Gasteiger partial charge is 0.317 e. The summed E-state index contributed by atoms with van der Waals surface area (Å²) in [5.41, 5.74) is 1.06. The summed E-state index contributed by atoms with van der Waals surface area (Å²) in [4.78, 5) is 31.0. The first-order valence-corrected chi connectivity index (χ1v) is 11.7. The van der Waals surface area contributed by atoms with Crippen LogP contribution in [0.5, 0.6) is 0 Å². The van der Waals surface area contributed by atoms with Gasteiger partial charge in [-0.3, -0.25) is 19.1 Å². The summed E-state index contributed by atoms with van der Waals surface area (Å²) >= 11 is 0. The van der Waals surface area contributed by atoms with Crippen LogP contribution in [-0.4, -0.2) is 32.6 Å². The van der Waals surface area contributed by atoms with E-state index in [1.807, 2.05) is 28.8 Å². The average molecular weight is 394 g/mol. The van der Waals surface area contributed by atoms with Crippen molar-refractivity contribution in [3.05, 3.63) is 45.0 Å². The average Bonchev–Trinajstić information content (AvgIpc) is 3.12. The molecule has 5 heteroatoms. The molecular weight excluding hydrogens is 362 g/mol. The van der Waals surface area contributed by atoms with Gasteiger partial charge in [0.15, 0.2) is 0 Å². The molecule has 1 aromatic heterocycles. The highest BCUT2D eigenvalue weighted by atomic mass is 16.2. The Balaban J connectivity index is 1.37. The lowest BCUT2D eigenvalue weighted by Gasteiger charge is -2.74. The fraction of sp³-hybridized carbons (Fsp3) is 0.667. The first-order valence-electron chi connectivity index (χ1n) is 11.7. The van der Waals surface area contributed by atoms with Gasteiger partial charge in [0, 0.05) is 29.6 Å². The lowest BCUT2D eigenvalue weighted by atomic mass is 9.49. The summed E-state index contributed by atoms with van der Waals surface area (Å²) in [5, 5.41) is 0. The molecule has 29 heavy (non-hydrogen) atoms. The quantitative estimate of drug-likeness (QED) is 0.786. The third-order valence-corrected chi connectivity index (χ3v) is 8.75. The Hall–Kier alpha value is -1.88. The number of nitrogens with one attached hydrogen (secondary N) is 1. The van der Waals surface area contributed by atoms with Crippen LogP contribution in [0.3, 0.4) is 0 Å². The number of nitrogens with zero attached hydrogens (tertiary/aromatic N) is 2. The Morgan fingerprint density at radius 2 is 1.62 bits per heavy atom. The van der Waals surface area contributed by atoms with Crippen molar-refractivity contribution in [2.75, 3.05) is 0 Å². The number of likely N-dealkylation sites (tertiary alicyclic amines) is 1. The highest BCUT2D eigenvalue weighted by Gasteiger charge is 2.73. The maximum Gasteiger partial charge on any atom is 0.317 e. The van der Waals surface area contributed by atoms with Gasteiger partial charge in [-0.15, -0.1) is 0 Å². The molecular formula is C24H31N3O2. The Morgan fingerprint density at radius 1 is 0.862 bits per heavy atom. The normalized spacial score (nSPS) is 35.2. The summed E-state index contributed by atoms with van der Waals surface area (Å²) in [6.07, 6.45) is 14.4. The summed E-state index contributed by atoms with van der Waals surface area (Å²) in [6.45, 7) is 0. The number of aromatic nitrogens is 2. The molecule has 1 aromatic carbocycles. The minimum absolute atomic E-state index is 0.185. The molecule has 1 unspecified atom stereocenters. The van der Waals surface area contributed by atoms with Crippen molar-refractivity contribution in [3.8, 4) is 0 Å². The minimum Gasteiger partial charge on any atom is -0.316 e. The Morgan fingerprint density at radius 3 is 2.45 bits per heavy atom. The van der Waals surface area contributed by atoms with Crippen LogP contribution in [0, 0.1) is 5.41 Å². The summed E-state index contributed by atoms with van der Waals surface area (Å²) in [5.74, 6) is 0. The second-order valence-electron chi connectivity index (χ2n) is 9.88. The van der Waals surface area contributed by atoms with Gasteiger partial charge in [0.2, 0.25) is 0 Å². The van der Waals surface area contributed by atoms with E-state index in [9.17, 15) is 9.59 Å². The van der Waals surface area contributed by atoms with Crippen molar-refractivity contribution < 1.29 is 0 Å². The lowest BCUT2D eigenvalue weighted by molar-refractivity contribution is -0.241. The van der Waals surface area contributed by atoms with Gasteiger partial charge in [0.05, 0.1) is 11.0 Å². The van der Waals surface area contributed by atoms with Gasteiger partial charge >= 0.3 is 11.1 Å². The lowest BCUT2D eigenvalue weighted by Crippen LogP contribution is -2.80. The number of piperidine rings is 1. The molecule has 1 N–H and O–H groups in total. The minimum atomic E-state index is -0.478. The first-order chi connectivity index (χ1) is 14.2. The molecule has 154 valence electrons. The summed E-state index contributed by atoms with van der Waals surface area (Å²) in [6, 6.07) is 9.95. The number of benzene rings is 1. The highest BCUT2D eigenvalue weighted by Crippen LogP contribution is 2.70. The SMILES string of the molecule is O=c1[nH]c2ccccc2n([C@H]2C[C@H]3N(C4CCCCCCC4)[C@@H]4CCCC243)c1=O. The molecule has 4 fully saturated rings. The van der Waals surface area contributed by atoms with Crippen LogP contribution in [0.25, 0.3) is 11.0 Å². The van der Waals surface area contributed by atoms with Crippen LogP contribution in [0.4, 0.5) is 0 Å². The van der Waals surface area contributed by atoms with E-state index >= 15 is 0 Å². The maximum absolute atomic E-state index is 13.0. The van der Waals surface area contributed by atoms with E-state index in [4.69, 9.17) is 0 Å². The first kappa shape index (κ1) is 17.9. The molecule has 0 bridgehead atoms. The van der Waals surface area contributed by atoms with Crippen molar-refractivity contribution in [1.82, 2.24) is 14.5 Å². The van der Waals surface area contributed by atoms with Crippen LogP contribution in [-0.2, 0) is 0 Å². The zero-order valence-electron chi connectivity index (χ0n) is 17.1. The Bertz CT molecular complexity index is 1050. The fourth-order valence-electron chi connectivity index (χ4n) is 7.57. The van der Waals surface area contributed by atoms with Crippen LogP contribution >= 0.6 is 0 Å². The highest BCUT2D eigenvalue weighted by molar-refractivity contribution is 5.74. The van der Waals surface area contributed by atoms with Gasteiger partial charge in [-0.2, -0.15) is 0 Å². The van der Waals surface area contributed by atoms with Crippen molar-refractivity contribution >= 4 is 11.0 Å². The smallest absolute Gasteiger partial charge is 0.316 e. The molecule has 5 nitrogen and oxygen atoms in total. The molecule has 0 amide bonds. The van der Waals surface area contributed by atoms with Gasteiger partial charge in [0.25, 0.3) is 0 Å².